The zero-order valence-corrected chi connectivity index (χ0v) is 11.6. The molecule has 0 saturated carbocycles. The molecule has 92 valence electrons. The SMILES string of the molecule is O=C(NCc1ccncc1)c1cc(Br)cnc1Cl. The van der Waals surface area contributed by atoms with E-state index in [4.69, 9.17) is 11.6 Å². The van der Waals surface area contributed by atoms with Crippen LogP contribution in [0.2, 0.25) is 5.15 Å². The summed E-state index contributed by atoms with van der Waals surface area (Å²) in [6.07, 6.45) is 4.90. The number of nitrogens with zero attached hydrogens (tertiary/aromatic N) is 2. The van der Waals surface area contributed by atoms with Gasteiger partial charge in [0, 0.05) is 29.6 Å². The maximum atomic E-state index is 11.9. The van der Waals surface area contributed by atoms with Gasteiger partial charge in [0.1, 0.15) is 5.15 Å². The molecule has 0 saturated heterocycles. The van der Waals surface area contributed by atoms with Crippen molar-refractivity contribution in [2.75, 3.05) is 0 Å². The number of hydrogen-bond acceptors (Lipinski definition) is 3. The Labute approximate surface area is 118 Å². The fourth-order valence-corrected chi connectivity index (χ4v) is 1.88. The summed E-state index contributed by atoms with van der Waals surface area (Å²) in [7, 11) is 0. The van der Waals surface area contributed by atoms with E-state index in [0.29, 0.717) is 16.6 Å². The van der Waals surface area contributed by atoms with Gasteiger partial charge in [-0.3, -0.25) is 9.78 Å². The standard InChI is InChI=1S/C12H9BrClN3O/c13-9-5-10(11(14)16-7-9)12(18)17-6-8-1-3-15-4-2-8/h1-5,7H,6H2,(H,17,18). The van der Waals surface area contributed by atoms with Gasteiger partial charge in [-0.25, -0.2) is 4.98 Å². The lowest BCUT2D eigenvalue weighted by Crippen LogP contribution is -2.23. The van der Waals surface area contributed by atoms with E-state index in [1.165, 1.54) is 0 Å². The maximum absolute atomic E-state index is 11.9. The molecule has 2 rings (SSSR count). The van der Waals surface area contributed by atoms with Gasteiger partial charge in [-0.1, -0.05) is 11.6 Å². The molecule has 0 aliphatic carbocycles. The minimum atomic E-state index is -0.259. The van der Waals surface area contributed by atoms with Gasteiger partial charge >= 0.3 is 0 Å². The highest BCUT2D eigenvalue weighted by atomic mass is 79.9. The van der Waals surface area contributed by atoms with Crippen LogP contribution in [0.15, 0.2) is 41.3 Å². The Bertz CT molecular complexity index is 563. The van der Waals surface area contributed by atoms with E-state index in [1.807, 2.05) is 12.1 Å². The molecule has 18 heavy (non-hydrogen) atoms. The molecule has 0 unspecified atom stereocenters. The van der Waals surface area contributed by atoms with E-state index in [2.05, 4.69) is 31.2 Å². The Morgan fingerprint density at radius 2 is 2.11 bits per heavy atom. The zero-order valence-electron chi connectivity index (χ0n) is 9.23. The summed E-state index contributed by atoms with van der Waals surface area (Å²) in [6.45, 7) is 0.421. The number of carbonyl (C=O) groups is 1. The molecule has 1 amide bonds. The van der Waals surface area contributed by atoms with Crippen molar-refractivity contribution in [1.82, 2.24) is 15.3 Å². The molecular weight excluding hydrogens is 318 g/mol. The summed E-state index contributed by atoms with van der Waals surface area (Å²) in [5, 5.41) is 2.96. The van der Waals surface area contributed by atoms with Crippen LogP contribution in [-0.2, 0) is 6.54 Å². The largest absolute Gasteiger partial charge is 0.348 e. The van der Waals surface area contributed by atoms with Crippen LogP contribution >= 0.6 is 27.5 Å². The molecule has 1 N–H and O–H groups in total. The minimum absolute atomic E-state index is 0.186. The fraction of sp³-hybridized carbons (Fsp3) is 0.0833. The number of aromatic nitrogens is 2. The molecule has 6 heteroatoms. The zero-order chi connectivity index (χ0) is 13.0. The molecule has 4 nitrogen and oxygen atoms in total. The average Bonchev–Trinajstić information content (AvgIpc) is 2.40. The maximum Gasteiger partial charge on any atom is 0.254 e. The summed E-state index contributed by atoms with van der Waals surface area (Å²) in [4.78, 5) is 19.7. The molecule has 2 heterocycles. The van der Waals surface area contributed by atoms with Gasteiger partial charge in [0.15, 0.2) is 0 Å². The van der Waals surface area contributed by atoms with Crippen LogP contribution < -0.4 is 5.32 Å². The van der Waals surface area contributed by atoms with Crippen molar-refractivity contribution in [3.8, 4) is 0 Å². The number of carbonyl (C=O) groups excluding carboxylic acids is 1. The molecular formula is C12H9BrClN3O. The van der Waals surface area contributed by atoms with Crippen LogP contribution in [-0.4, -0.2) is 15.9 Å². The normalized spacial score (nSPS) is 10.1. The van der Waals surface area contributed by atoms with Gasteiger partial charge in [-0.2, -0.15) is 0 Å². The van der Waals surface area contributed by atoms with E-state index in [0.717, 1.165) is 5.56 Å². The predicted octanol–water partition coefficient (Wildman–Crippen LogP) is 2.82. The highest BCUT2D eigenvalue weighted by Crippen LogP contribution is 2.17. The van der Waals surface area contributed by atoms with Crippen LogP contribution in [0.4, 0.5) is 0 Å². The van der Waals surface area contributed by atoms with Crippen molar-refractivity contribution in [2.45, 2.75) is 6.54 Å². The van der Waals surface area contributed by atoms with Gasteiger partial charge in [0.2, 0.25) is 0 Å². The summed E-state index contributed by atoms with van der Waals surface area (Å²) >= 11 is 9.12. The quantitative estimate of drug-likeness (QED) is 0.883. The Kier molecular flexibility index (Phi) is 4.28. The van der Waals surface area contributed by atoms with Crippen molar-refractivity contribution in [1.29, 1.82) is 0 Å². The molecule has 2 aromatic heterocycles. The highest BCUT2D eigenvalue weighted by Gasteiger charge is 2.11. The number of amides is 1. The van der Waals surface area contributed by atoms with Gasteiger partial charge < -0.3 is 5.32 Å². The number of nitrogens with one attached hydrogen (secondary N) is 1. The first-order valence-corrected chi connectivity index (χ1v) is 6.32. The third-order valence-corrected chi connectivity index (χ3v) is 2.99. The van der Waals surface area contributed by atoms with Crippen molar-refractivity contribution < 1.29 is 4.79 Å². The number of halogens is 2. The summed E-state index contributed by atoms with van der Waals surface area (Å²) in [5.41, 5.74) is 1.32. The monoisotopic (exact) mass is 325 g/mol. The Morgan fingerprint density at radius 3 is 2.83 bits per heavy atom. The second kappa shape index (κ2) is 5.93. The van der Waals surface area contributed by atoms with Crippen molar-refractivity contribution in [3.63, 3.8) is 0 Å². The van der Waals surface area contributed by atoms with Crippen LogP contribution in [0.1, 0.15) is 15.9 Å². The van der Waals surface area contributed by atoms with Crippen LogP contribution in [0.3, 0.4) is 0 Å². The molecule has 0 atom stereocenters. The van der Waals surface area contributed by atoms with Gasteiger partial charge in [-0.15, -0.1) is 0 Å². The first-order valence-electron chi connectivity index (χ1n) is 5.15. The van der Waals surface area contributed by atoms with Crippen LogP contribution in [0, 0.1) is 0 Å². The molecule has 0 spiro atoms. The van der Waals surface area contributed by atoms with Crippen molar-refractivity contribution >= 4 is 33.4 Å². The second-order valence-electron chi connectivity index (χ2n) is 3.53. The molecule has 0 aliphatic rings. The highest BCUT2D eigenvalue weighted by molar-refractivity contribution is 9.10. The first kappa shape index (κ1) is 13.0. The van der Waals surface area contributed by atoms with Gasteiger partial charge in [0.25, 0.3) is 5.91 Å². The van der Waals surface area contributed by atoms with E-state index in [-0.39, 0.29) is 11.1 Å². The van der Waals surface area contributed by atoms with Crippen LogP contribution in [0.5, 0.6) is 0 Å². The van der Waals surface area contributed by atoms with E-state index < -0.39 is 0 Å². The summed E-state index contributed by atoms with van der Waals surface area (Å²) < 4.78 is 0.709. The average molecular weight is 327 g/mol. The smallest absolute Gasteiger partial charge is 0.254 e. The molecule has 0 aliphatic heterocycles. The third-order valence-electron chi connectivity index (χ3n) is 2.25. The molecule has 2 aromatic rings. The van der Waals surface area contributed by atoms with Gasteiger partial charge in [0.05, 0.1) is 5.56 Å². The van der Waals surface area contributed by atoms with E-state index in [1.54, 1.807) is 24.7 Å². The van der Waals surface area contributed by atoms with E-state index in [9.17, 15) is 4.79 Å². The van der Waals surface area contributed by atoms with Gasteiger partial charge in [-0.05, 0) is 39.7 Å². The summed E-state index contributed by atoms with van der Waals surface area (Å²) in [6, 6.07) is 5.30. The third kappa shape index (κ3) is 3.27. The Morgan fingerprint density at radius 1 is 1.39 bits per heavy atom. The second-order valence-corrected chi connectivity index (χ2v) is 4.80. The minimum Gasteiger partial charge on any atom is -0.348 e. The predicted molar refractivity (Wildman–Crippen MR) is 72.4 cm³/mol. The number of pyridine rings is 2. The summed E-state index contributed by atoms with van der Waals surface area (Å²) in [5.74, 6) is -0.259. The molecule has 0 fully saturated rings. The topological polar surface area (TPSA) is 54.9 Å². The Balaban J connectivity index is 2.06. The number of rotatable bonds is 3. The fourth-order valence-electron chi connectivity index (χ4n) is 1.36. The first-order chi connectivity index (χ1) is 8.66. The number of hydrogen-bond donors (Lipinski definition) is 1. The Hall–Kier alpha value is -1.46. The van der Waals surface area contributed by atoms with Crippen molar-refractivity contribution in [2.24, 2.45) is 0 Å². The molecule has 0 aromatic carbocycles. The molecule has 0 radical (unpaired) electrons. The van der Waals surface area contributed by atoms with E-state index >= 15 is 0 Å². The lowest BCUT2D eigenvalue weighted by molar-refractivity contribution is 0.0950. The molecule has 0 bridgehead atoms. The lowest BCUT2D eigenvalue weighted by atomic mass is 10.2. The van der Waals surface area contributed by atoms with Crippen molar-refractivity contribution in [3.05, 3.63) is 57.5 Å². The van der Waals surface area contributed by atoms with Crippen LogP contribution in [0.25, 0.3) is 0 Å². The lowest BCUT2D eigenvalue weighted by Gasteiger charge is -2.06.